The van der Waals surface area contributed by atoms with Crippen molar-refractivity contribution in [2.75, 3.05) is 0 Å². The summed E-state index contributed by atoms with van der Waals surface area (Å²) >= 11 is 0.583. The zero-order valence-electron chi connectivity index (χ0n) is 26.0. The van der Waals surface area contributed by atoms with E-state index in [1.165, 1.54) is 0 Å². The van der Waals surface area contributed by atoms with E-state index in [0.29, 0.717) is 53.1 Å². The first-order valence-electron chi connectivity index (χ1n) is 14.4. The molecule has 0 aliphatic heterocycles. The Hall–Kier alpha value is -4.33. The maximum Gasteiger partial charge on any atom is 0.530 e. The molecule has 0 heterocycles. The van der Waals surface area contributed by atoms with Gasteiger partial charge in [0.05, 0.1) is 0 Å². The number of hydrogen-bond donors (Lipinski definition) is 0. The van der Waals surface area contributed by atoms with Crippen LogP contribution in [0.1, 0.15) is 0 Å². The SMILES string of the molecule is [CH3][Pt][CH3].c1ccc(OP(Oc2ccccc2)Oc2ccccc2)cc1.c1ccc(OP(Oc2ccccc2)Oc2ccccc2)cc1. The van der Waals surface area contributed by atoms with Crippen molar-refractivity contribution in [2.45, 2.75) is 10.6 Å². The summed E-state index contributed by atoms with van der Waals surface area (Å²) in [5.41, 5.74) is 0. The molecular weight excluding hydrogens is 809 g/mol. The fourth-order valence-corrected chi connectivity index (χ4v) is 5.50. The second kappa shape index (κ2) is 21.5. The second-order valence-corrected chi connectivity index (χ2v) is 13.5. The van der Waals surface area contributed by atoms with E-state index in [1.54, 1.807) is 0 Å². The Morgan fingerprint density at radius 3 is 0.532 bits per heavy atom. The van der Waals surface area contributed by atoms with Gasteiger partial charge in [0.25, 0.3) is 0 Å². The van der Waals surface area contributed by atoms with Crippen molar-refractivity contribution in [3.05, 3.63) is 182 Å². The molecule has 0 N–H and O–H groups in total. The van der Waals surface area contributed by atoms with Crippen LogP contribution in [0, 0.1) is 0 Å². The quantitative estimate of drug-likeness (QED) is 0.114. The summed E-state index contributed by atoms with van der Waals surface area (Å²) in [5, 5.41) is 4.47. The Morgan fingerprint density at radius 1 is 0.277 bits per heavy atom. The molecule has 0 saturated carbocycles. The Labute approximate surface area is 288 Å². The minimum Gasteiger partial charge on any atom is -0.409 e. The van der Waals surface area contributed by atoms with Gasteiger partial charge in [-0.2, -0.15) is 0 Å². The molecule has 0 radical (unpaired) electrons. The van der Waals surface area contributed by atoms with Crippen LogP contribution in [0.5, 0.6) is 34.5 Å². The molecule has 0 aliphatic carbocycles. The van der Waals surface area contributed by atoms with E-state index in [2.05, 4.69) is 10.6 Å². The third kappa shape index (κ3) is 14.3. The number of rotatable bonds is 12. The topological polar surface area (TPSA) is 55.4 Å². The summed E-state index contributed by atoms with van der Waals surface area (Å²) < 4.78 is 35.1. The minimum absolute atomic E-state index is 0.583. The molecule has 0 atom stereocenters. The summed E-state index contributed by atoms with van der Waals surface area (Å²) in [6.07, 6.45) is 0. The van der Waals surface area contributed by atoms with Gasteiger partial charge in [-0.3, -0.25) is 0 Å². The first-order valence-corrected chi connectivity index (χ1v) is 21.2. The van der Waals surface area contributed by atoms with E-state index in [1.807, 2.05) is 182 Å². The predicted octanol–water partition coefficient (Wildman–Crippen LogP) is 12.1. The zero-order chi connectivity index (χ0) is 32.8. The van der Waals surface area contributed by atoms with Crippen LogP contribution >= 0.6 is 17.2 Å². The average molecular weight is 846 g/mol. The molecule has 0 unspecified atom stereocenters. The maximum absolute atomic E-state index is 5.84. The Balaban J connectivity index is 0.000000197. The summed E-state index contributed by atoms with van der Waals surface area (Å²) in [6.45, 7) is 0. The van der Waals surface area contributed by atoms with E-state index in [4.69, 9.17) is 27.1 Å². The fourth-order valence-electron chi connectivity index (χ4n) is 3.52. The smallest absolute Gasteiger partial charge is 0.409 e. The molecule has 0 amide bonds. The van der Waals surface area contributed by atoms with Crippen molar-refractivity contribution in [1.82, 2.24) is 0 Å². The van der Waals surface area contributed by atoms with Crippen LogP contribution in [0.3, 0.4) is 0 Å². The Morgan fingerprint density at radius 2 is 0.404 bits per heavy atom. The van der Waals surface area contributed by atoms with Crippen molar-refractivity contribution in [3.63, 3.8) is 0 Å². The van der Waals surface area contributed by atoms with E-state index in [9.17, 15) is 0 Å². The molecular formula is C38H36O6P2Pt. The molecule has 9 heteroatoms. The van der Waals surface area contributed by atoms with Gasteiger partial charge >= 0.3 is 46.4 Å². The van der Waals surface area contributed by atoms with Crippen LogP contribution in [-0.2, 0) is 18.6 Å². The van der Waals surface area contributed by atoms with Crippen LogP contribution in [0.15, 0.2) is 182 Å². The van der Waals surface area contributed by atoms with E-state index >= 15 is 0 Å². The molecule has 0 aromatic heterocycles. The molecule has 6 aromatic carbocycles. The van der Waals surface area contributed by atoms with Crippen molar-refractivity contribution in [2.24, 2.45) is 0 Å². The summed E-state index contributed by atoms with van der Waals surface area (Å²) in [7, 11) is -3.18. The van der Waals surface area contributed by atoms with Gasteiger partial charge in [-0.05, 0) is 72.8 Å². The molecule has 47 heavy (non-hydrogen) atoms. The maximum atomic E-state index is 5.84. The molecule has 0 fully saturated rings. The van der Waals surface area contributed by atoms with Crippen LogP contribution in [0.25, 0.3) is 0 Å². The van der Waals surface area contributed by atoms with Gasteiger partial charge in [0, 0.05) is 0 Å². The molecule has 0 bridgehead atoms. The fraction of sp³-hybridized carbons (Fsp3) is 0.0526. The molecule has 244 valence electrons. The molecule has 0 spiro atoms. The molecule has 0 aliphatic rings. The third-order valence-corrected chi connectivity index (χ3v) is 7.70. The zero-order valence-corrected chi connectivity index (χ0v) is 30.0. The number of hydrogen-bond acceptors (Lipinski definition) is 6. The van der Waals surface area contributed by atoms with E-state index < -0.39 is 17.2 Å². The monoisotopic (exact) mass is 845 g/mol. The van der Waals surface area contributed by atoms with Crippen molar-refractivity contribution >= 4 is 17.2 Å². The van der Waals surface area contributed by atoms with Crippen molar-refractivity contribution in [3.8, 4) is 34.5 Å². The van der Waals surface area contributed by atoms with E-state index in [0.717, 1.165) is 0 Å². The van der Waals surface area contributed by atoms with Crippen LogP contribution in [0.2, 0.25) is 10.6 Å². The van der Waals surface area contributed by atoms with Gasteiger partial charge in [0.15, 0.2) is 0 Å². The van der Waals surface area contributed by atoms with Crippen LogP contribution in [-0.4, -0.2) is 0 Å². The van der Waals surface area contributed by atoms with Gasteiger partial charge < -0.3 is 27.1 Å². The average Bonchev–Trinajstić information content (AvgIpc) is 3.12. The Kier molecular flexibility index (Phi) is 16.2. The van der Waals surface area contributed by atoms with Gasteiger partial charge in [-0.25, -0.2) is 0 Å². The van der Waals surface area contributed by atoms with E-state index in [-0.39, 0.29) is 0 Å². The number of para-hydroxylation sites is 6. The predicted molar refractivity (Wildman–Crippen MR) is 188 cm³/mol. The van der Waals surface area contributed by atoms with Crippen LogP contribution in [0.4, 0.5) is 0 Å². The van der Waals surface area contributed by atoms with Gasteiger partial charge in [0.2, 0.25) is 0 Å². The third-order valence-electron chi connectivity index (χ3n) is 5.54. The molecule has 6 rings (SSSR count). The normalized spacial score (nSPS) is 10.0. The van der Waals surface area contributed by atoms with Gasteiger partial charge in [-0.1, -0.05) is 109 Å². The summed E-state index contributed by atoms with van der Waals surface area (Å²) in [6, 6.07) is 57.0. The summed E-state index contributed by atoms with van der Waals surface area (Å²) in [4.78, 5) is 0. The first-order chi connectivity index (χ1) is 23.2. The largest absolute Gasteiger partial charge is 0.530 e. The second-order valence-electron chi connectivity index (χ2n) is 9.19. The minimum atomic E-state index is -1.59. The Bertz CT molecular complexity index is 1300. The van der Waals surface area contributed by atoms with Crippen LogP contribution < -0.4 is 27.1 Å². The molecule has 6 aromatic rings. The van der Waals surface area contributed by atoms with Gasteiger partial charge in [0.1, 0.15) is 34.5 Å². The number of benzene rings is 6. The molecule has 6 nitrogen and oxygen atoms in total. The summed E-state index contributed by atoms with van der Waals surface area (Å²) in [5.74, 6) is 4.25. The molecule has 0 saturated heterocycles. The standard InChI is InChI=1S/2C18H15O3P.2CH3.Pt/c2*1-4-10-16(11-5-1)19-22(20-17-12-6-2-7-13-17)21-18-14-8-3-9-15-18;;;/h2*1-15H;2*1H3;. The van der Waals surface area contributed by atoms with Crippen molar-refractivity contribution in [1.29, 1.82) is 0 Å². The van der Waals surface area contributed by atoms with Crippen molar-refractivity contribution < 1.29 is 45.7 Å². The first kappa shape index (κ1) is 35.5. The van der Waals surface area contributed by atoms with Gasteiger partial charge in [-0.15, -0.1) is 0 Å².